The molecule has 8 atom stereocenters. The van der Waals surface area contributed by atoms with Gasteiger partial charge in [0.1, 0.15) is 6.61 Å². The summed E-state index contributed by atoms with van der Waals surface area (Å²) < 4.78 is 0. The van der Waals surface area contributed by atoms with Crippen LogP contribution in [0.5, 0.6) is 0 Å². The number of thiophene rings is 1. The molecule has 0 bridgehead atoms. The third kappa shape index (κ3) is 3.39. The molecule has 1 aliphatic heterocycles. The number of rotatable bonds is 4. The average molecular weight is 510 g/mol. The molecule has 4 fully saturated rings. The summed E-state index contributed by atoms with van der Waals surface area (Å²) in [6, 6.07) is 2.07. The fraction of sp³-hybridized carbons (Fsp3) is 0.586. The van der Waals surface area contributed by atoms with Crippen molar-refractivity contribution in [2.45, 2.75) is 57.8 Å². The van der Waals surface area contributed by atoms with E-state index in [9.17, 15) is 19.8 Å². The molecular weight excluding hydrogens is 474 g/mol. The first-order chi connectivity index (χ1) is 17.2. The number of Topliss-reactive ketones (excluding diaryl/α,β-unsaturated/α-hetero) is 1. The van der Waals surface area contributed by atoms with E-state index >= 15 is 0 Å². The van der Waals surface area contributed by atoms with Crippen molar-refractivity contribution >= 4 is 22.9 Å². The third-order valence-electron chi connectivity index (χ3n) is 10.0. The Bertz CT molecular complexity index is 1120. The number of ketones is 2. The lowest BCUT2D eigenvalue weighted by Gasteiger charge is -2.59. The van der Waals surface area contributed by atoms with Crippen LogP contribution < -0.4 is 0 Å². The maximum absolute atomic E-state index is 13.5. The Balaban J connectivity index is 0.00000130. The van der Waals surface area contributed by atoms with Gasteiger partial charge < -0.3 is 10.2 Å². The zero-order valence-electron chi connectivity index (χ0n) is 20.9. The molecular formula is C29H35NO5S. The van der Waals surface area contributed by atoms with Gasteiger partial charge in [0, 0.05) is 35.8 Å². The highest BCUT2D eigenvalue weighted by molar-refractivity contribution is 7.07. The number of nitrogens with zero attached hydrogens (tertiary/aromatic N) is 1. The van der Waals surface area contributed by atoms with Crippen molar-refractivity contribution in [1.82, 2.24) is 5.06 Å². The summed E-state index contributed by atoms with van der Waals surface area (Å²) in [6.07, 6.45) is 15.9. The van der Waals surface area contributed by atoms with Crippen molar-refractivity contribution in [2.24, 2.45) is 34.5 Å². The van der Waals surface area contributed by atoms with Crippen molar-refractivity contribution in [3.05, 3.63) is 46.2 Å². The van der Waals surface area contributed by atoms with E-state index < -0.39 is 23.7 Å². The van der Waals surface area contributed by atoms with Gasteiger partial charge >= 0.3 is 0 Å². The number of allylic oxidation sites excluding steroid dienone is 4. The van der Waals surface area contributed by atoms with Crippen LogP contribution in [0.2, 0.25) is 0 Å². The number of fused-ring (bicyclic) bond motifs is 7. The highest BCUT2D eigenvalue weighted by Crippen LogP contribution is 2.70. The lowest BCUT2D eigenvalue weighted by Crippen LogP contribution is -2.63. The first-order valence-electron chi connectivity index (χ1n) is 12.8. The van der Waals surface area contributed by atoms with Crippen molar-refractivity contribution < 1.29 is 24.6 Å². The number of hydrogen-bond acceptors (Lipinski definition) is 7. The van der Waals surface area contributed by atoms with Crippen LogP contribution in [0.4, 0.5) is 0 Å². The van der Waals surface area contributed by atoms with E-state index in [1.165, 1.54) is 0 Å². The summed E-state index contributed by atoms with van der Waals surface area (Å²) in [5, 5.41) is 27.7. The summed E-state index contributed by atoms with van der Waals surface area (Å²) in [6.45, 7) is 4.99. The van der Waals surface area contributed by atoms with Crippen LogP contribution in [0.25, 0.3) is 0 Å². The SMILES string of the molecule is C#C.CC12C=CC(=O)C=C1CCC1C2C(O)CC2(C)[C@H]1C[C@H]1CN(Cc3ccsc3)O[C@]12C(=O)CO. The Morgan fingerprint density at radius 1 is 1.33 bits per heavy atom. The number of aliphatic hydroxyl groups excluding tert-OH is 2. The second kappa shape index (κ2) is 9.04. The Morgan fingerprint density at radius 3 is 2.81 bits per heavy atom. The van der Waals surface area contributed by atoms with Gasteiger partial charge in [-0.2, -0.15) is 16.4 Å². The van der Waals surface area contributed by atoms with Crippen molar-refractivity contribution in [2.75, 3.05) is 13.2 Å². The minimum atomic E-state index is -1.11. The molecule has 7 heteroatoms. The van der Waals surface area contributed by atoms with Crippen LogP contribution in [-0.2, 0) is 21.0 Å². The van der Waals surface area contributed by atoms with Crippen LogP contribution in [-0.4, -0.2) is 51.7 Å². The number of terminal acetylenes is 1. The molecule has 0 amide bonds. The van der Waals surface area contributed by atoms with Crippen LogP contribution in [0.3, 0.4) is 0 Å². The van der Waals surface area contributed by atoms with Gasteiger partial charge in [-0.3, -0.25) is 14.4 Å². The van der Waals surface area contributed by atoms with E-state index in [0.29, 0.717) is 19.5 Å². The Kier molecular flexibility index (Phi) is 6.42. The van der Waals surface area contributed by atoms with Gasteiger partial charge in [-0.25, -0.2) is 0 Å². The lowest BCUT2D eigenvalue weighted by atomic mass is 9.46. The summed E-state index contributed by atoms with van der Waals surface area (Å²) in [5.74, 6) is 0.220. The molecule has 4 aliphatic carbocycles. The van der Waals surface area contributed by atoms with Crippen LogP contribution in [0, 0.1) is 47.3 Å². The highest BCUT2D eigenvalue weighted by atomic mass is 32.1. The summed E-state index contributed by atoms with van der Waals surface area (Å²) >= 11 is 1.64. The quantitative estimate of drug-likeness (QED) is 0.604. The first-order valence-corrected chi connectivity index (χ1v) is 13.7. The van der Waals surface area contributed by atoms with E-state index in [2.05, 4.69) is 38.1 Å². The second-order valence-electron chi connectivity index (χ2n) is 11.5. The molecule has 1 saturated heterocycles. The molecule has 5 aliphatic rings. The van der Waals surface area contributed by atoms with E-state index in [4.69, 9.17) is 4.84 Å². The van der Waals surface area contributed by atoms with Crippen molar-refractivity contribution in [3.8, 4) is 12.8 Å². The Labute approximate surface area is 217 Å². The number of aliphatic hydroxyl groups is 2. The molecule has 0 aromatic carbocycles. The van der Waals surface area contributed by atoms with Gasteiger partial charge in [0.25, 0.3) is 0 Å². The molecule has 3 saturated carbocycles. The lowest BCUT2D eigenvalue weighted by molar-refractivity contribution is -0.254. The number of carbonyl (C=O) groups excluding carboxylic acids is 2. The molecule has 6 rings (SSSR count). The summed E-state index contributed by atoms with van der Waals surface area (Å²) in [5.41, 5.74) is 0.272. The molecule has 1 aromatic heterocycles. The molecule has 0 spiro atoms. The van der Waals surface area contributed by atoms with Gasteiger partial charge in [0.05, 0.1) is 6.10 Å². The van der Waals surface area contributed by atoms with Crippen LogP contribution in [0.1, 0.15) is 45.1 Å². The second-order valence-corrected chi connectivity index (χ2v) is 12.3. The fourth-order valence-electron chi connectivity index (χ4n) is 8.74. The molecule has 1 aromatic rings. The summed E-state index contributed by atoms with van der Waals surface area (Å²) in [7, 11) is 0. The Morgan fingerprint density at radius 2 is 2.11 bits per heavy atom. The van der Waals surface area contributed by atoms with Crippen molar-refractivity contribution in [3.63, 3.8) is 0 Å². The maximum atomic E-state index is 13.5. The molecule has 2 heterocycles. The van der Waals surface area contributed by atoms with Gasteiger partial charge in [-0.1, -0.05) is 25.5 Å². The van der Waals surface area contributed by atoms with Crippen LogP contribution in [0.15, 0.2) is 40.6 Å². The molecule has 2 N–H and O–H groups in total. The van der Waals surface area contributed by atoms with E-state index in [-0.39, 0.29) is 40.7 Å². The van der Waals surface area contributed by atoms with Crippen LogP contribution >= 0.6 is 11.3 Å². The molecule has 6 nitrogen and oxygen atoms in total. The monoisotopic (exact) mass is 509 g/mol. The molecule has 5 unspecified atom stereocenters. The van der Waals surface area contributed by atoms with E-state index in [1.54, 1.807) is 23.5 Å². The fourth-order valence-corrected chi connectivity index (χ4v) is 9.40. The topological polar surface area (TPSA) is 87.1 Å². The number of carbonyl (C=O) groups is 2. The zero-order valence-corrected chi connectivity index (χ0v) is 21.7. The Hall–Kier alpha value is -2.08. The summed E-state index contributed by atoms with van der Waals surface area (Å²) in [4.78, 5) is 32.1. The highest BCUT2D eigenvalue weighted by Gasteiger charge is 2.75. The first kappa shape index (κ1) is 25.6. The molecule has 192 valence electrons. The molecule has 0 radical (unpaired) electrons. The van der Waals surface area contributed by atoms with E-state index in [1.807, 2.05) is 16.5 Å². The number of hydroxylamine groups is 2. The third-order valence-corrected chi connectivity index (χ3v) is 10.8. The van der Waals surface area contributed by atoms with Crippen molar-refractivity contribution in [1.29, 1.82) is 0 Å². The minimum Gasteiger partial charge on any atom is -0.393 e. The predicted molar refractivity (Wildman–Crippen MR) is 137 cm³/mol. The largest absolute Gasteiger partial charge is 0.393 e. The van der Waals surface area contributed by atoms with Gasteiger partial charge in [0.15, 0.2) is 17.2 Å². The van der Waals surface area contributed by atoms with E-state index in [0.717, 1.165) is 30.4 Å². The normalized spacial score (nSPS) is 42.9. The van der Waals surface area contributed by atoms with Gasteiger partial charge in [0.2, 0.25) is 0 Å². The predicted octanol–water partition coefficient (Wildman–Crippen LogP) is 3.55. The maximum Gasteiger partial charge on any atom is 0.192 e. The smallest absolute Gasteiger partial charge is 0.192 e. The zero-order chi connectivity index (χ0) is 25.9. The van der Waals surface area contributed by atoms with Gasteiger partial charge in [-0.15, -0.1) is 12.8 Å². The minimum absolute atomic E-state index is 0.0111. The average Bonchev–Trinajstić information content (AvgIpc) is 3.55. The standard InChI is InChI=1S/C27H33NO5S.C2H2/c1-25-7-5-19(30)9-17(25)3-4-20-21-10-18-13-28(12-16-6-8-34-15-16)33-27(18,23(32)14-29)26(21,2)11-22(31)24(20)25;1-2/h5-9,15,18,20-22,24,29,31H,3-4,10-14H2,1-2H3;1-2H/t18-,20?,21-,22?,24?,25?,26?,27-;/m0./s1. The van der Waals surface area contributed by atoms with Gasteiger partial charge in [-0.05, 0) is 72.1 Å². The number of hydrogen-bond donors (Lipinski definition) is 2. The molecule has 36 heavy (non-hydrogen) atoms.